The van der Waals surface area contributed by atoms with E-state index in [-0.39, 0.29) is 5.75 Å². The molecule has 5 heteroatoms. The fraction of sp³-hybridized carbons (Fsp3) is 0.385. The second kappa shape index (κ2) is 5.02. The predicted molar refractivity (Wildman–Crippen MR) is 60.3 cm³/mol. The Morgan fingerprint density at radius 2 is 1.94 bits per heavy atom. The van der Waals surface area contributed by atoms with Crippen LogP contribution in [0, 0.1) is 0 Å². The fourth-order valence-corrected chi connectivity index (χ4v) is 1.96. The molecule has 98 valence electrons. The van der Waals surface area contributed by atoms with Crippen LogP contribution < -0.4 is 4.74 Å². The van der Waals surface area contributed by atoms with E-state index in [9.17, 15) is 13.2 Å². The van der Waals surface area contributed by atoms with Gasteiger partial charge in [0.1, 0.15) is 11.6 Å². The van der Waals surface area contributed by atoms with Crippen molar-refractivity contribution < 1.29 is 23.0 Å². The standard InChI is InChI=1S/C13H13F3O2/c14-10(8-17)7-13(5-6-13)9-1-3-11(4-2-9)18-12(15)16/h1-4,7,12,17H,5-6,8H2. The third kappa shape index (κ3) is 2.85. The number of allylic oxidation sites excluding steroid dienone is 1. The molecule has 0 spiro atoms. The maximum Gasteiger partial charge on any atom is 0.387 e. The van der Waals surface area contributed by atoms with Gasteiger partial charge in [0.05, 0.1) is 6.61 Å². The fourth-order valence-electron chi connectivity index (χ4n) is 1.96. The first-order valence-electron chi connectivity index (χ1n) is 5.59. The van der Waals surface area contributed by atoms with E-state index in [1.807, 2.05) is 0 Å². The van der Waals surface area contributed by atoms with Crippen molar-refractivity contribution >= 4 is 0 Å². The number of rotatable bonds is 5. The quantitative estimate of drug-likeness (QED) is 0.879. The molecule has 0 amide bonds. The van der Waals surface area contributed by atoms with Crippen LogP contribution >= 0.6 is 0 Å². The number of benzene rings is 1. The number of alkyl halides is 2. The third-order valence-corrected chi connectivity index (χ3v) is 3.03. The summed E-state index contributed by atoms with van der Waals surface area (Å²) in [6.07, 6.45) is 2.97. The highest BCUT2D eigenvalue weighted by molar-refractivity contribution is 5.40. The van der Waals surface area contributed by atoms with Gasteiger partial charge < -0.3 is 9.84 Å². The van der Waals surface area contributed by atoms with E-state index in [0.29, 0.717) is 0 Å². The summed E-state index contributed by atoms with van der Waals surface area (Å²) in [5.74, 6) is -0.489. The summed E-state index contributed by atoms with van der Waals surface area (Å²) in [5, 5.41) is 8.67. The lowest BCUT2D eigenvalue weighted by atomic mass is 9.95. The van der Waals surface area contributed by atoms with Gasteiger partial charge in [0.15, 0.2) is 0 Å². The van der Waals surface area contributed by atoms with Gasteiger partial charge in [0.2, 0.25) is 0 Å². The molecule has 1 saturated carbocycles. The molecule has 1 aliphatic rings. The van der Waals surface area contributed by atoms with Crippen molar-refractivity contribution in [2.45, 2.75) is 24.9 Å². The summed E-state index contributed by atoms with van der Waals surface area (Å²) in [6.45, 7) is -3.47. The topological polar surface area (TPSA) is 29.5 Å². The molecule has 0 atom stereocenters. The lowest BCUT2D eigenvalue weighted by Crippen LogP contribution is -2.05. The van der Waals surface area contributed by atoms with Crippen molar-refractivity contribution in [2.24, 2.45) is 0 Å². The number of aliphatic hydroxyl groups is 1. The zero-order valence-corrected chi connectivity index (χ0v) is 9.57. The van der Waals surface area contributed by atoms with Crippen molar-refractivity contribution in [3.8, 4) is 5.75 Å². The summed E-state index contributed by atoms with van der Waals surface area (Å²) in [5.41, 5.74) is 0.448. The van der Waals surface area contributed by atoms with Crippen molar-refractivity contribution in [3.63, 3.8) is 0 Å². The first-order valence-corrected chi connectivity index (χ1v) is 5.59. The SMILES string of the molecule is OCC(F)=CC1(c2ccc(OC(F)F)cc2)CC1. The van der Waals surface area contributed by atoms with Gasteiger partial charge in [-0.1, -0.05) is 12.1 Å². The molecule has 1 aromatic rings. The Hall–Kier alpha value is -1.49. The van der Waals surface area contributed by atoms with E-state index in [2.05, 4.69) is 4.74 Å². The Labute approximate surface area is 103 Å². The molecule has 0 saturated heterocycles. The molecule has 0 radical (unpaired) electrons. The lowest BCUT2D eigenvalue weighted by Gasteiger charge is -2.12. The molecule has 18 heavy (non-hydrogen) atoms. The first-order chi connectivity index (χ1) is 8.55. The molecule has 1 N–H and O–H groups in total. The summed E-state index contributed by atoms with van der Waals surface area (Å²) < 4.78 is 41.3. The summed E-state index contributed by atoms with van der Waals surface area (Å²) in [7, 11) is 0. The molecule has 2 nitrogen and oxygen atoms in total. The highest BCUT2D eigenvalue weighted by Crippen LogP contribution is 2.50. The third-order valence-electron chi connectivity index (χ3n) is 3.03. The monoisotopic (exact) mass is 258 g/mol. The molecule has 1 fully saturated rings. The predicted octanol–water partition coefficient (Wildman–Crippen LogP) is 3.17. The van der Waals surface area contributed by atoms with Gasteiger partial charge in [-0.05, 0) is 36.6 Å². The molecule has 0 bridgehead atoms. The first kappa shape index (κ1) is 13.0. The van der Waals surface area contributed by atoms with Gasteiger partial charge in [-0.25, -0.2) is 4.39 Å². The van der Waals surface area contributed by atoms with Gasteiger partial charge in [-0.3, -0.25) is 0 Å². The molecule has 2 rings (SSSR count). The Kier molecular flexibility index (Phi) is 3.61. The zero-order valence-electron chi connectivity index (χ0n) is 9.57. The van der Waals surface area contributed by atoms with E-state index < -0.39 is 24.5 Å². The summed E-state index contributed by atoms with van der Waals surface area (Å²) in [6, 6.07) is 6.16. The van der Waals surface area contributed by atoms with Crippen LogP contribution in [-0.2, 0) is 5.41 Å². The lowest BCUT2D eigenvalue weighted by molar-refractivity contribution is -0.0498. The highest BCUT2D eigenvalue weighted by Gasteiger charge is 2.42. The van der Waals surface area contributed by atoms with Crippen LogP contribution in [0.2, 0.25) is 0 Å². The van der Waals surface area contributed by atoms with E-state index in [0.717, 1.165) is 18.4 Å². The molecular weight excluding hydrogens is 245 g/mol. The van der Waals surface area contributed by atoms with E-state index in [4.69, 9.17) is 5.11 Å². The van der Waals surface area contributed by atoms with Crippen LogP contribution in [0.1, 0.15) is 18.4 Å². The summed E-state index contributed by atoms with van der Waals surface area (Å²) in [4.78, 5) is 0. The number of ether oxygens (including phenoxy) is 1. The average molecular weight is 258 g/mol. The average Bonchev–Trinajstić information content (AvgIpc) is 3.10. The second-order valence-corrected chi connectivity index (χ2v) is 4.31. The molecular formula is C13H13F3O2. The van der Waals surface area contributed by atoms with E-state index in [1.54, 1.807) is 12.1 Å². The van der Waals surface area contributed by atoms with E-state index in [1.165, 1.54) is 18.2 Å². The zero-order chi connectivity index (χ0) is 13.2. The van der Waals surface area contributed by atoms with Crippen LogP contribution in [0.15, 0.2) is 36.2 Å². The number of hydrogen-bond acceptors (Lipinski definition) is 2. The van der Waals surface area contributed by atoms with Gasteiger partial charge in [0.25, 0.3) is 0 Å². The van der Waals surface area contributed by atoms with Crippen LogP contribution in [0.3, 0.4) is 0 Å². The van der Waals surface area contributed by atoms with Gasteiger partial charge >= 0.3 is 6.61 Å². The molecule has 1 aromatic carbocycles. The molecule has 0 aromatic heterocycles. The number of hydrogen-bond donors (Lipinski definition) is 1. The largest absolute Gasteiger partial charge is 0.435 e. The summed E-state index contributed by atoms with van der Waals surface area (Å²) >= 11 is 0. The highest BCUT2D eigenvalue weighted by atomic mass is 19.3. The Bertz CT molecular complexity index is 436. The Balaban J connectivity index is 2.15. The smallest absolute Gasteiger partial charge is 0.387 e. The van der Waals surface area contributed by atoms with Crippen molar-refractivity contribution in [1.82, 2.24) is 0 Å². The molecule has 1 aliphatic carbocycles. The Morgan fingerprint density at radius 3 is 2.39 bits per heavy atom. The molecule has 0 heterocycles. The van der Waals surface area contributed by atoms with Crippen molar-refractivity contribution in [3.05, 3.63) is 41.7 Å². The second-order valence-electron chi connectivity index (χ2n) is 4.31. The van der Waals surface area contributed by atoms with Gasteiger partial charge in [-0.15, -0.1) is 0 Å². The maximum atomic E-state index is 13.1. The number of aliphatic hydroxyl groups excluding tert-OH is 1. The van der Waals surface area contributed by atoms with Gasteiger partial charge in [0, 0.05) is 5.41 Å². The molecule has 0 unspecified atom stereocenters. The number of halogens is 3. The van der Waals surface area contributed by atoms with Gasteiger partial charge in [-0.2, -0.15) is 8.78 Å². The van der Waals surface area contributed by atoms with Crippen LogP contribution in [0.25, 0.3) is 0 Å². The van der Waals surface area contributed by atoms with Crippen molar-refractivity contribution in [1.29, 1.82) is 0 Å². The maximum absolute atomic E-state index is 13.1. The van der Waals surface area contributed by atoms with E-state index >= 15 is 0 Å². The van der Waals surface area contributed by atoms with Crippen molar-refractivity contribution in [2.75, 3.05) is 6.61 Å². The molecule has 0 aliphatic heterocycles. The minimum Gasteiger partial charge on any atom is -0.435 e. The van der Waals surface area contributed by atoms with Crippen LogP contribution in [0.4, 0.5) is 13.2 Å². The minimum absolute atomic E-state index is 0.0798. The minimum atomic E-state index is -2.85. The van der Waals surface area contributed by atoms with Crippen LogP contribution in [-0.4, -0.2) is 18.3 Å². The Morgan fingerprint density at radius 1 is 1.33 bits per heavy atom. The van der Waals surface area contributed by atoms with Crippen LogP contribution in [0.5, 0.6) is 5.75 Å². The normalized spacial score (nSPS) is 17.9.